The molecule has 78 valence electrons. The molecule has 1 amide bonds. The monoisotopic (exact) mass is 199 g/mol. The number of hydrogen-bond donors (Lipinski definition) is 2. The molecule has 0 saturated carbocycles. The second-order valence-corrected chi connectivity index (χ2v) is 1.89. The van der Waals surface area contributed by atoms with Crippen LogP contribution in [0.3, 0.4) is 0 Å². The van der Waals surface area contributed by atoms with Crippen LogP contribution in [0.1, 0.15) is 13.3 Å². The maximum Gasteiger partial charge on any atom is 0.345 e. The van der Waals surface area contributed by atoms with Crippen LogP contribution < -0.4 is 5.73 Å². The molecule has 0 fully saturated rings. The predicted octanol–water partition coefficient (Wildman–Crippen LogP) is 0.192. The number of rotatable bonds is 4. The molecule has 7 heteroatoms. The normalized spacial score (nSPS) is 8.92. The van der Waals surface area contributed by atoms with Crippen LogP contribution in [0.5, 0.6) is 0 Å². The topological polar surface area (TPSA) is 89.6 Å². The fourth-order valence-corrected chi connectivity index (χ4v) is 0.235. The van der Waals surface area contributed by atoms with E-state index in [-0.39, 0.29) is 12.3 Å². The fraction of sp³-hybridized carbons (Fsp3) is 0.667. The molecule has 0 rings (SSSR count). The van der Waals surface area contributed by atoms with Gasteiger partial charge in [0.2, 0.25) is 5.91 Å². The SMILES string of the molecule is CC(N)=O.O=C(O)CCOC(F)F. The van der Waals surface area contributed by atoms with Gasteiger partial charge in [0.1, 0.15) is 0 Å². The summed E-state index contributed by atoms with van der Waals surface area (Å²) in [6.45, 7) is -2.00. The van der Waals surface area contributed by atoms with E-state index in [2.05, 4.69) is 10.5 Å². The fourth-order valence-electron chi connectivity index (χ4n) is 0.235. The third-order valence-corrected chi connectivity index (χ3v) is 0.560. The summed E-state index contributed by atoms with van der Waals surface area (Å²) in [6, 6.07) is 0. The summed E-state index contributed by atoms with van der Waals surface area (Å²) in [5.74, 6) is -1.48. The molecule has 0 spiro atoms. The highest BCUT2D eigenvalue weighted by Crippen LogP contribution is 1.94. The summed E-state index contributed by atoms with van der Waals surface area (Å²) in [5.41, 5.74) is 4.47. The number of alkyl halides is 2. The van der Waals surface area contributed by atoms with E-state index in [0.717, 1.165) is 0 Å². The minimum absolute atomic E-state index is 0.333. The number of ether oxygens (including phenoxy) is 1. The number of amides is 1. The van der Waals surface area contributed by atoms with Gasteiger partial charge in [-0.15, -0.1) is 0 Å². The third kappa shape index (κ3) is 36.4. The van der Waals surface area contributed by atoms with Crippen LogP contribution in [0, 0.1) is 0 Å². The van der Waals surface area contributed by atoms with Gasteiger partial charge in [0.15, 0.2) is 0 Å². The molecule has 0 unspecified atom stereocenters. The Morgan fingerprint density at radius 2 is 1.92 bits per heavy atom. The molecule has 0 radical (unpaired) electrons. The first-order valence-electron chi connectivity index (χ1n) is 3.23. The number of hydrogen-bond acceptors (Lipinski definition) is 3. The Morgan fingerprint density at radius 3 is 2.15 bits per heavy atom. The number of primary amides is 1. The standard InChI is InChI=1S/C4H6F2O3.C2H5NO/c5-4(6)9-2-1-3(7)8;1-2(3)4/h4H,1-2H2,(H,7,8);1H3,(H2,3,4). The van der Waals surface area contributed by atoms with Crippen molar-refractivity contribution in [2.24, 2.45) is 5.73 Å². The van der Waals surface area contributed by atoms with Gasteiger partial charge in [0, 0.05) is 6.92 Å². The van der Waals surface area contributed by atoms with Gasteiger partial charge in [-0.25, -0.2) is 0 Å². The Kier molecular flexibility index (Phi) is 9.73. The molecule has 3 N–H and O–H groups in total. The van der Waals surface area contributed by atoms with Crippen molar-refractivity contribution in [2.75, 3.05) is 6.61 Å². The summed E-state index contributed by atoms with van der Waals surface area (Å²) in [7, 11) is 0. The Bertz CT molecular complexity index is 159. The van der Waals surface area contributed by atoms with Crippen LogP contribution in [0.25, 0.3) is 0 Å². The summed E-state index contributed by atoms with van der Waals surface area (Å²) < 4.78 is 25.8. The number of aliphatic carboxylic acids is 1. The van der Waals surface area contributed by atoms with Crippen molar-refractivity contribution in [1.29, 1.82) is 0 Å². The van der Waals surface area contributed by atoms with Crippen LogP contribution in [0.2, 0.25) is 0 Å². The molecule has 5 nitrogen and oxygen atoms in total. The van der Waals surface area contributed by atoms with Gasteiger partial charge in [-0.05, 0) is 0 Å². The van der Waals surface area contributed by atoms with Gasteiger partial charge in [0.05, 0.1) is 13.0 Å². The zero-order chi connectivity index (χ0) is 10.9. The quantitative estimate of drug-likeness (QED) is 0.676. The molecule has 0 aromatic carbocycles. The second-order valence-electron chi connectivity index (χ2n) is 1.89. The predicted molar refractivity (Wildman–Crippen MR) is 39.1 cm³/mol. The van der Waals surface area contributed by atoms with Crippen LogP contribution in [-0.2, 0) is 14.3 Å². The second kappa shape index (κ2) is 8.85. The molecule has 0 aliphatic carbocycles. The van der Waals surface area contributed by atoms with Crippen molar-refractivity contribution in [3.63, 3.8) is 0 Å². The average Bonchev–Trinajstić information content (AvgIpc) is 1.83. The largest absolute Gasteiger partial charge is 0.481 e. The highest BCUT2D eigenvalue weighted by Gasteiger charge is 2.02. The van der Waals surface area contributed by atoms with Crippen LogP contribution >= 0.6 is 0 Å². The number of carbonyl (C=O) groups excluding carboxylic acids is 1. The number of carbonyl (C=O) groups is 2. The minimum Gasteiger partial charge on any atom is -0.481 e. The lowest BCUT2D eigenvalue weighted by Crippen LogP contribution is -2.05. The smallest absolute Gasteiger partial charge is 0.345 e. The van der Waals surface area contributed by atoms with Crippen molar-refractivity contribution in [1.82, 2.24) is 0 Å². The van der Waals surface area contributed by atoms with Gasteiger partial charge in [0.25, 0.3) is 0 Å². The minimum atomic E-state index is -2.87. The highest BCUT2D eigenvalue weighted by atomic mass is 19.3. The van der Waals surface area contributed by atoms with Crippen LogP contribution in [-0.4, -0.2) is 30.2 Å². The zero-order valence-corrected chi connectivity index (χ0v) is 7.00. The molecule has 0 aliphatic heterocycles. The Morgan fingerprint density at radius 1 is 1.54 bits per heavy atom. The van der Waals surface area contributed by atoms with Gasteiger partial charge in [-0.3, -0.25) is 9.59 Å². The van der Waals surface area contributed by atoms with Gasteiger partial charge < -0.3 is 15.6 Å². The maximum atomic E-state index is 11.1. The van der Waals surface area contributed by atoms with Gasteiger partial charge >= 0.3 is 12.6 Å². The lowest BCUT2D eigenvalue weighted by atomic mass is 10.5. The average molecular weight is 199 g/mol. The first-order valence-corrected chi connectivity index (χ1v) is 3.23. The van der Waals surface area contributed by atoms with E-state index in [1.54, 1.807) is 0 Å². The van der Waals surface area contributed by atoms with Crippen molar-refractivity contribution in [2.45, 2.75) is 20.0 Å². The molecule has 0 atom stereocenters. The molecular formula is C6H11F2NO4. The lowest BCUT2D eigenvalue weighted by molar-refractivity contribution is -0.148. The Hall–Kier alpha value is -1.24. The van der Waals surface area contributed by atoms with Crippen molar-refractivity contribution in [3.8, 4) is 0 Å². The molecule has 0 saturated heterocycles. The van der Waals surface area contributed by atoms with E-state index in [1.165, 1.54) is 6.92 Å². The van der Waals surface area contributed by atoms with Gasteiger partial charge in [-0.2, -0.15) is 8.78 Å². The van der Waals surface area contributed by atoms with E-state index in [0.29, 0.717) is 0 Å². The number of carboxylic acids is 1. The molecular weight excluding hydrogens is 188 g/mol. The summed E-state index contributed by atoms with van der Waals surface area (Å²) in [4.78, 5) is 18.9. The molecule has 13 heavy (non-hydrogen) atoms. The van der Waals surface area contributed by atoms with Crippen molar-refractivity contribution in [3.05, 3.63) is 0 Å². The molecule has 0 bridgehead atoms. The van der Waals surface area contributed by atoms with E-state index < -0.39 is 19.2 Å². The highest BCUT2D eigenvalue weighted by molar-refractivity contribution is 5.70. The van der Waals surface area contributed by atoms with Crippen molar-refractivity contribution < 1.29 is 28.2 Å². The molecule has 0 aliphatic rings. The van der Waals surface area contributed by atoms with E-state index in [1.807, 2.05) is 0 Å². The van der Waals surface area contributed by atoms with E-state index in [4.69, 9.17) is 5.11 Å². The molecule has 0 heterocycles. The first-order chi connectivity index (χ1) is 5.86. The molecule has 0 aromatic rings. The first kappa shape index (κ1) is 14.3. The zero-order valence-electron chi connectivity index (χ0n) is 7.00. The summed E-state index contributed by atoms with van der Waals surface area (Å²) >= 11 is 0. The van der Waals surface area contributed by atoms with Crippen LogP contribution in [0.4, 0.5) is 8.78 Å². The Balaban J connectivity index is 0. The maximum absolute atomic E-state index is 11.1. The van der Waals surface area contributed by atoms with E-state index >= 15 is 0 Å². The van der Waals surface area contributed by atoms with Crippen LogP contribution in [0.15, 0.2) is 0 Å². The third-order valence-electron chi connectivity index (χ3n) is 0.560. The van der Waals surface area contributed by atoms with E-state index in [9.17, 15) is 18.4 Å². The summed E-state index contributed by atoms with van der Waals surface area (Å²) in [6.07, 6.45) is -0.385. The summed E-state index contributed by atoms with van der Waals surface area (Å²) in [5, 5.41) is 7.90. The molecule has 0 aromatic heterocycles. The number of halogens is 2. The lowest BCUT2D eigenvalue weighted by Gasteiger charge is -1.97. The Labute approximate surface area is 73.5 Å². The van der Waals surface area contributed by atoms with Gasteiger partial charge in [-0.1, -0.05) is 0 Å². The number of carboxylic acid groups (broad SMARTS) is 1. The van der Waals surface area contributed by atoms with Crippen molar-refractivity contribution >= 4 is 11.9 Å². The number of nitrogens with two attached hydrogens (primary N) is 1.